The fourth-order valence-corrected chi connectivity index (χ4v) is 5.06. The quantitative estimate of drug-likeness (QED) is 0.806. The van der Waals surface area contributed by atoms with Gasteiger partial charge in [0.15, 0.2) is 5.58 Å². The summed E-state index contributed by atoms with van der Waals surface area (Å²) in [6, 6.07) is 7.66. The molecule has 0 aliphatic carbocycles. The van der Waals surface area contributed by atoms with Crippen LogP contribution in [0.2, 0.25) is 0 Å². The van der Waals surface area contributed by atoms with E-state index >= 15 is 0 Å². The third-order valence-corrected chi connectivity index (χ3v) is 6.68. The highest BCUT2D eigenvalue weighted by atomic mass is 32.2. The summed E-state index contributed by atoms with van der Waals surface area (Å²) in [5.41, 5.74) is 1.42. The number of nitrogens with zero attached hydrogens (tertiary/aromatic N) is 3. The molecule has 1 aromatic carbocycles. The summed E-state index contributed by atoms with van der Waals surface area (Å²) in [6.07, 6.45) is 3.37. The van der Waals surface area contributed by atoms with Crippen LogP contribution in [-0.2, 0) is 16.6 Å². The van der Waals surface area contributed by atoms with Crippen molar-refractivity contribution in [3.8, 4) is 0 Å². The van der Waals surface area contributed by atoms with E-state index in [1.807, 2.05) is 18.2 Å². The van der Waals surface area contributed by atoms with Crippen molar-refractivity contribution in [1.29, 1.82) is 0 Å². The first kappa shape index (κ1) is 16.8. The number of piperidine rings is 1. The molecule has 0 radical (unpaired) electrons. The number of sulfonamides is 1. The largest absolute Gasteiger partial charge is 0.419 e. The molecule has 136 valence electrons. The standard InChI is InChI=1S/C17H23N3O4S/c1-25(22,23)19-11-13-6-7-14(12-19)18(10-13)8-9-20-15-4-2-3-5-16(15)24-17(20)21/h2-5,13-14H,6-12H2,1H3/t13-,14-/m1/s1. The van der Waals surface area contributed by atoms with Gasteiger partial charge in [-0.3, -0.25) is 9.47 Å². The highest BCUT2D eigenvalue weighted by molar-refractivity contribution is 7.88. The summed E-state index contributed by atoms with van der Waals surface area (Å²) >= 11 is 0. The van der Waals surface area contributed by atoms with Gasteiger partial charge in [0.2, 0.25) is 10.0 Å². The van der Waals surface area contributed by atoms with Crippen LogP contribution in [0.15, 0.2) is 33.5 Å². The molecule has 3 aliphatic heterocycles. The normalized spacial score (nSPS) is 25.5. The third-order valence-electron chi connectivity index (χ3n) is 5.45. The maximum Gasteiger partial charge on any atom is 0.419 e. The van der Waals surface area contributed by atoms with E-state index in [-0.39, 0.29) is 11.8 Å². The number of hydrogen-bond donors (Lipinski definition) is 0. The zero-order valence-corrected chi connectivity index (χ0v) is 15.1. The second-order valence-electron chi connectivity index (χ2n) is 7.16. The van der Waals surface area contributed by atoms with Crippen LogP contribution in [0.5, 0.6) is 0 Å². The summed E-state index contributed by atoms with van der Waals surface area (Å²) in [5, 5.41) is 0. The molecule has 4 heterocycles. The average molecular weight is 365 g/mol. The number of rotatable bonds is 4. The van der Waals surface area contributed by atoms with E-state index in [1.165, 1.54) is 6.26 Å². The van der Waals surface area contributed by atoms with Crippen molar-refractivity contribution < 1.29 is 12.8 Å². The summed E-state index contributed by atoms with van der Waals surface area (Å²) in [5.74, 6) is 0.0326. The van der Waals surface area contributed by atoms with Gasteiger partial charge in [0.1, 0.15) is 0 Å². The number of para-hydroxylation sites is 2. The zero-order valence-electron chi connectivity index (χ0n) is 14.3. The molecular weight excluding hydrogens is 342 g/mol. The molecule has 2 bridgehead atoms. The minimum atomic E-state index is -3.16. The van der Waals surface area contributed by atoms with Crippen LogP contribution in [0.1, 0.15) is 12.8 Å². The Hall–Kier alpha value is -1.64. The first-order valence-electron chi connectivity index (χ1n) is 8.69. The van der Waals surface area contributed by atoms with E-state index in [0.29, 0.717) is 31.1 Å². The molecule has 8 heteroatoms. The fourth-order valence-electron chi connectivity index (χ4n) is 4.13. The topological polar surface area (TPSA) is 75.8 Å². The second-order valence-corrected chi connectivity index (χ2v) is 9.14. The first-order chi connectivity index (χ1) is 11.9. The first-order valence-corrected chi connectivity index (χ1v) is 10.5. The van der Waals surface area contributed by atoms with Crippen molar-refractivity contribution in [2.45, 2.75) is 25.4 Å². The van der Waals surface area contributed by atoms with Gasteiger partial charge in [0, 0.05) is 38.8 Å². The SMILES string of the molecule is CS(=O)(=O)N1C[C@@H]2CC[C@H](C1)N(CCn1c(=O)oc3ccccc31)C2. The lowest BCUT2D eigenvalue weighted by atomic mass is 9.95. The van der Waals surface area contributed by atoms with Crippen molar-refractivity contribution in [3.63, 3.8) is 0 Å². The van der Waals surface area contributed by atoms with E-state index in [4.69, 9.17) is 4.42 Å². The van der Waals surface area contributed by atoms with E-state index in [2.05, 4.69) is 4.90 Å². The average Bonchev–Trinajstić information content (AvgIpc) is 2.72. The molecule has 0 spiro atoms. The van der Waals surface area contributed by atoms with Crippen LogP contribution in [0, 0.1) is 5.92 Å². The third kappa shape index (κ3) is 3.26. The number of hydrogen-bond acceptors (Lipinski definition) is 5. The highest BCUT2D eigenvalue weighted by Gasteiger charge is 2.37. The summed E-state index contributed by atoms with van der Waals surface area (Å²) in [7, 11) is -3.16. The van der Waals surface area contributed by atoms with Crippen molar-refractivity contribution in [3.05, 3.63) is 34.8 Å². The van der Waals surface area contributed by atoms with E-state index < -0.39 is 10.0 Å². The van der Waals surface area contributed by atoms with E-state index in [1.54, 1.807) is 14.9 Å². The molecule has 7 nitrogen and oxygen atoms in total. The molecule has 0 saturated carbocycles. The van der Waals surface area contributed by atoms with Gasteiger partial charge in [-0.2, -0.15) is 0 Å². The molecule has 3 saturated heterocycles. The van der Waals surface area contributed by atoms with Gasteiger partial charge in [-0.1, -0.05) is 12.1 Å². The summed E-state index contributed by atoms with van der Waals surface area (Å²) in [6.45, 7) is 3.33. The Kier molecular flexibility index (Phi) is 4.21. The molecule has 1 aromatic heterocycles. The number of fused-ring (bicyclic) bond motifs is 5. The molecule has 2 aromatic rings. The minimum absolute atomic E-state index is 0.224. The lowest BCUT2D eigenvalue weighted by Gasteiger charge is -2.36. The van der Waals surface area contributed by atoms with Gasteiger partial charge in [-0.05, 0) is 30.9 Å². The maximum absolute atomic E-state index is 12.1. The van der Waals surface area contributed by atoms with Crippen molar-refractivity contribution in [1.82, 2.24) is 13.8 Å². The lowest BCUT2D eigenvalue weighted by Crippen LogP contribution is -2.46. The van der Waals surface area contributed by atoms with Gasteiger partial charge in [0.05, 0.1) is 11.8 Å². The minimum Gasteiger partial charge on any atom is -0.408 e. The van der Waals surface area contributed by atoms with Crippen LogP contribution in [0.3, 0.4) is 0 Å². The Morgan fingerprint density at radius 3 is 2.72 bits per heavy atom. The monoisotopic (exact) mass is 365 g/mol. The molecule has 0 unspecified atom stereocenters. The van der Waals surface area contributed by atoms with Gasteiger partial charge in [-0.15, -0.1) is 0 Å². The van der Waals surface area contributed by atoms with Crippen LogP contribution in [-0.4, -0.2) is 60.7 Å². The Bertz CT molecular complexity index is 933. The Morgan fingerprint density at radius 2 is 1.92 bits per heavy atom. The lowest BCUT2D eigenvalue weighted by molar-refractivity contribution is 0.128. The predicted octanol–water partition coefficient (Wildman–Crippen LogP) is 0.950. The van der Waals surface area contributed by atoms with Crippen molar-refractivity contribution in [2.24, 2.45) is 5.92 Å². The second kappa shape index (κ2) is 6.26. The van der Waals surface area contributed by atoms with Gasteiger partial charge in [-0.25, -0.2) is 17.5 Å². The number of benzene rings is 1. The molecule has 3 fully saturated rings. The van der Waals surface area contributed by atoms with Gasteiger partial charge >= 0.3 is 5.76 Å². The fraction of sp³-hybridized carbons (Fsp3) is 0.588. The predicted molar refractivity (Wildman–Crippen MR) is 95.0 cm³/mol. The summed E-state index contributed by atoms with van der Waals surface area (Å²) in [4.78, 5) is 14.5. The smallest absolute Gasteiger partial charge is 0.408 e. The van der Waals surface area contributed by atoms with E-state index in [9.17, 15) is 13.2 Å². The van der Waals surface area contributed by atoms with Gasteiger partial charge in [0.25, 0.3) is 0 Å². The molecule has 0 N–H and O–H groups in total. The van der Waals surface area contributed by atoms with Gasteiger partial charge < -0.3 is 4.42 Å². The van der Waals surface area contributed by atoms with E-state index in [0.717, 1.165) is 31.4 Å². The number of aromatic nitrogens is 1. The van der Waals surface area contributed by atoms with Crippen molar-refractivity contribution >= 4 is 21.1 Å². The molecular formula is C17H23N3O4S. The van der Waals surface area contributed by atoms with Crippen molar-refractivity contribution in [2.75, 3.05) is 32.4 Å². The Labute approximate surface area is 146 Å². The van der Waals surface area contributed by atoms with Crippen LogP contribution in [0.4, 0.5) is 0 Å². The summed E-state index contributed by atoms with van der Waals surface area (Å²) < 4.78 is 32.5. The highest BCUT2D eigenvalue weighted by Crippen LogP contribution is 2.29. The Balaban J connectivity index is 1.52. The van der Waals surface area contributed by atoms with Crippen LogP contribution in [0.25, 0.3) is 11.1 Å². The molecule has 25 heavy (non-hydrogen) atoms. The Morgan fingerprint density at radius 1 is 1.12 bits per heavy atom. The molecule has 3 aliphatic rings. The zero-order chi connectivity index (χ0) is 17.6. The van der Waals surface area contributed by atoms with Crippen LogP contribution < -0.4 is 5.76 Å². The molecule has 0 amide bonds. The molecule has 5 rings (SSSR count). The van der Waals surface area contributed by atoms with Crippen LogP contribution >= 0.6 is 0 Å². The molecule has 2 atom stereocenters. The number of oxazole rings is 1. The maximum atomic E-state index is 12.1.